The molecule has 2 N–H and O–H groups in total. The molecule has 3 nitrogen and oxygen atoms in total. The van der Waals surface area contributed by atoms with E-state index in [1.165, 1.54) is 6.42 Å². The van der Waals surface area contributed by atoms with Crippen molar-refractivity contribution in [3.8, 4) is 12.3 Å². The molecule has 90 valence electrons. The summed E-state index contributed by atoms with van der Waals surface area (Å²) >= 11 is 0. The Morgan fingerprint density at radius 1 is 1.69 bits per heavy atom. The minimum absolute atomic E-state index is 0.0830. The summed E-state index contributed by atoms with van der Waals surface area (Å²) < 4.78 is 0. The molecule has 0 radical (unpaired) electrons. The highest BCUT2D eigenvalue weighted by atomic mass is 16.4. The number of carbonyl (C=O) groups is 1. The van der Waals surface area contributed by atoms with E-state index in [0.29, 0.717) is 12.5 Å². The molecule has 1 rings (SSSR count). The van der Waals surface area contributed by atoms with Crippen LogP contribution in [0.2, 0.25) is 0 Å². The van der Waals surface area contributed by atoms with Crippen LogP contribution in [0.3, 0.4) is 0 Å². The molecule has 0 heterocycles. The van der Waals surface area contributed by atoms with Crippen molar-refractivity contribution in [1.29, 1.82) is 0 Å². The zero-order chi connectivity index (χ0) is 12.0. The minimum Gasteiger partial charge on any atom is -0.481 e. The summed E-state index contributed by atoms with van der Waals surface area (Å²) in [6.07, 6.45) is 9.79. The lowest BCUT2D eigenvalue weighted by molar-refractivity contribution is -0.140. The number of nitrogens with one attached hydrogen (secondary N) is 1. The summed E-state index contributed by atoms with van der Waals surface area (Å²) in [5.74, 6) is 2.46. The third kappa shape index (κ3) is 3.86. The van der Waals surface area contributed by atoms with Gasteiger partial charge in [0.15, 0.2) is 0 Å². The van der Waals surface area contributed by atoms with Crippen molar-refractivity contribution in [1.82, 2.24) is 5.32 Å². The number of hydrogen-bond donors (Lipinski definition) is 2. The lowest BCUT2D eigenvalue weighted by Gasteiger charge is -2.39. The first-order valence-corrected chi connectivity index (χ1v) is 5.94. The predicted molar refractivity (Wildman–Crippen MR) is 64.0 cm³/mol. The lowest BCUT2D eigenvalue weighted by Crippen LogP contribution is -2.40. The van der Waals surface area contributed by atoms with Crippen molar-refractivity contribution in [2.24, 2.45) is 11.3 Å². The van der Waals surface area contributed by atoms with E-state index in [1.807, 2.05) is 0 Å². The monoisotopic (exact) mass is 223 g/mol. The van der Waals surface area contributed by atoms with Gasteiger partial charge in [-0.05, 0) is 24.2 Å². The van der Waals surface area contributed by atoms with Crippen LogP contribution in [0.4, 0.5) is 0 Å². The van der Waals surface area contributed by atoms with Crippen LogP contribution in [0, 0.1) is 23.7 Å². The normalized spacial score (nSPS) is 29.6. The van der Waals surface area contributed by atoms with Crippen LogP contribution >= 0.6 is 0 Å². The van der Waals surface area contributed by atoms with Crippen molar-refractivity contribution >= 4 is 5.97 Å². The summed E-state index contributed by atoms with van der Waals surface area (Å²) in [4.78, 5) is 10.9. The molecule has 0 unspecified atom stereocenters. The van der Waals surface area contributed by atoms with Crippen LogP contribution < -0.4 is 5.32 Å². The van der Waals surface area contributed by atoms with Crippen LogP contribution in [0.25, 0.3) is 0 Å². The average molecular weight is 223 g/mol. The highest BCUT2D eigenvalue weighted by Crippen LogP contribution is 2.41. The second-order valence-corrected chi connectivity index (χ2v) is 5.08. The van der Waals surface area contributed by atoms with Gasteiger partial charge in [0.2, 0.25) is 0 Å². The Morgan fingerprint density at radius 3 is 3.00 bits per heavy atom. The number of rotatable bonds is 5. The molecule has 2 atom stereocenters. The predicted octanol–water partition coefficient (Wildman–Crippen LogP) is 1.88. The fourth-order valence-corrected chi connectivity index (χ4v) is 2.87. The van der Waals surface area contributed by atoms with Gasteiger partial charge in [-0.1, -0.05) is 25.7 Å². The molecule has 1 aliphatic carbocycles. The van der Waals surface area contributed by atoms with E-state index < -0.39 is 5.97 Å². The topological polar surface area (TPSA) is 49.3 Å². The fraction of sp³-hybridized carbons (Fsp3) is 0.769. The number of hydrogen-bond acceptors (Lipinski definition) is 2. The molecule has 0 aromatic rings. The van der Waals surface area contributed by atoms with Gasteiger partial charge in [0, 0.05) is 6.54 Å². The minimum atomic E-state index is -0.698. The zero-order valence-electron chi connectivity index (χ0n) is 9.96. The van der Waals surface area contributed by atoms with Crippen molar-refractivity contribution < 1.29 is 9.90 Å². The number of carboxylic acids is 1. The van der Waals surface area contributed by atoms with Gasteiger partial charge in [-0.15, -0.1) is 6.42 Å². The molecule has 0 bridgehead atoms. The molecule has 1 fully saturated rings. The third-order valence-electron chi connectivity index (χ3n) is 3.44. The van der Waals surface area contributed by atoms with Crippen molar-refractivity contribution in [3.05, 3.63) is 0 Å². The van der Waals surface area contributed by atoms with Crippen LogP contribution in [0.5, 0.6) is 0 Å². The Hall–Kier alpha value is -1.01. The average Bonchev–Trinajstić information content (AvgIpc) is 2.16. The van der Waals surface area contributed by atoms with Gasteiger partial charge in [-0.25, -0.2) is 0 Å². The van der Waals surface area contributed by atoms with E-state index in [1.54, 1.807) is 0 Å². The molecule has 1 aliphatic rings. The molecule has 1 saturated carbocycles. The van der Waals surface area contributed by atoms with Gasteiger partial charge in [0.25, 0.3) is 0 Å². The maximum atomic E-state index is 10.9. The van der Waals surface area contributed by atoms with Gasteiger partial charge in [-0.2, -0.15) is 0 Å². The molecule has 0 aliphatic heterocycles. The highest BCUT2D eigenvalue weighted by molar-refractivity contribution is 5.67. The first-order chi connectivity index (χ1) is 7.58. The molecule has 0 saturated heterocycles. The first-order valence-electron chi connectivity index (χ1n) is 5.94. The van der Waals surface area contributed by atoms with E-state index in [9.17, 15) is 4.79 Å². The van der Waals surface area contributed by atoms with E-state index in [-0.39, 0.29) is 11.8 Å². The van der Waals surface area contributed by atoms with Crippen molar-refractivity contribution in [3.63, 3.8) is 0 Å². The van der Waals surface area contributed by atoms with Crippen LogP contribution in [0.15, 0.2) is 0 Å². The van der Waals surface area contributed by atoms with E-state index >= 15 is 0 Å². The molecule has 16 heavy (non-hydrogen) atoms. The SMILES string of the molecule is C#CCNC[C@]1(CC(=O)O)CCC[C@@H](C)C1. The number of terminal acetylenes is 1. The smallest absolute Gasteiger partial charge is 0.303 e. The Kier molecular flexibility index (Phi) is 4.82. The van der Waals surface area contributed by atoms with Gasteiger partial charge in [-0.3, -0.25) is 4.79 Å². The first kappa shape index (κ1) is 13.1. The van der Waals surface area contributed by atoms with E-state index in [4.69, 9.17) is 11.5 Å². The Balaban J connectivity index is 2.60. The highest BCUT2D eigenvalue weighted by Gasteiger charge is 2.36. The Bertz CT molecular complexity index is 282. The Morgan fingerprint density at radius 2 is 2.44 bits per heavy atom. The Labute approximate surface area is 97.6 Å². The number of carboxylic acid groups (broad SMARTS) is 1. The molecule has 0 aromatic carbocycles. The van der Waals surface area contributed by atoms with Crippen molar-refractivity contribution in [2.75, 3.05) is 13.1 Å². The summed E-state index contributed by atoms with van der Waals surface area (Å²) in [6, 6.07) is 0. The molecular formula is C13H21NO2. The molecule has 0 aromatic heterocycles. The second-order valence-electron chi connectivity index (χ2n) is 5.08. The molecule has 3 heteroatoms. The second kappa shape index (κ2) is 5.91. The van der Waals surface area contributed by atoms with Gasteiger partial charge in [0.1, 0.15) is 0 Å². The standard InChI is InChI=1S/C13H21NO2/c1-3-7-14-10-13(9-12(15)16)6-4-5-11(2)8-13/h1,11,14H,4-10H2,2H3,(H,15,16)/t11-,13-/m1/s1. The van der Waals surface area contributed by atoms with E-state index in [0.717, 1.165) is 25.8 Å². The van der Waals surface area contributed by atoms with Crippen LogP contribution in [0.1, 0.15) is 39.0 Å². The van der Waals surface area contributed by atoms with Gasteiger partial charge >= 0.3 is 5.97 Å². The van der Waals surface area contributed by atoms with E-state index in [2.05, 4.69) is 18.2 Å². The summed E-state index contributed by atoms with van der Waals surface area (Å²) in [5.41, 5.74) is -0.0830. The zero-order valence-corrected chi connectivity index (χ0v) is 9.96. The van der Waals surface area contributed by atoms with Gasteiger partial charge < -0.3 is 10.4 Å². The van der Waals surface area contributed by atoms with Crippen LogP contribution in [-0.2, 0) is 4.79 Å². The lowest BCUT2D eigenvalue weighted by atomic mass is 9.68. The molecular weight excluding hydrogens is 202 g/mol. The third-order valence-corrected chi connectivity index (χ3v) is 3.44. The maximum absolute atomic E-state index is 10.9. The molecule has 0 spiro atoms. The summed E-state index contributed by atoms with van der Waals surface area (Å²) in [7, 11) is 0. The maximum Gasteiger partial charge on any atom is 0.303 e. The molecule has 0 amide bonds. The fourth-order valence-electron chi connectivity index (χ4n) is 2.87. The van der Waals surface area contributed by atoms with Crippen LogP contribution in [-0.4, -0.2) is 24.2 Å². The summed E-state index contributed by atoms with van der Waals surface area (Å²) in [5, 5.41) is 12.2. The number of aliphatic carboxylic acids is 1. The van der Waals surface area contributed by atoms with Gasteiger partial charge in [0.05, 0.1) is 13.0 Å². The quantitative estimate of drug-likeness (QED) is 0.552. The summed E-state index contributed by atoms with van der Waals surface area (Å²) in [6.45, 7) is 3.46. The van der Waals surface area contributed by atoms with Crippen molar-refractivity contribution in [2.45, 2.75) is 39.0 Å². The largest absolute Gasteiger partial charge is 0.481 e.